The van der Waals surface area contributed by atoms with E-state index < -0.39 is 17.8 Å². The van der Waals surface area contributed by atoms with Gasteiger partial charge in [-0.3, -0.25) is 0 Å². The van der Waals surface area contributed by atoms with Gasteiger partial charge in [0.05, 0.1) is 17.6 Å². The number of hydrogen-bond donors (Lipinski definition) is 1. The molecular weight excluding hydrogens is 417 g/mol. The maximum atomic E-state index is 13.1. The van der Waals surface area contributed by atoms with Crippen molar-refractivity contribution in [2.75, 3.05) is 25.1 Å². The number of aromatic carboxylic acids is 1. The number of nitrogens with zero attached hydrogens (tertiary/aromatic N) is 4. The zero-order chi connectivity index (χ0) is 22.6. The molecule has 8 nitrogen and oxygen atoms in total. The number of anilines is 1. The summed E-state index contributed by atoms with van der Waals surface area (Å²) in [5.41, 5.74) is -0.387. The van der Waals surface area contributed by atoms with Gasteiger partial charge in [-0.05, 0) is 25.0 Å². The molecule has 3 aromatic rings. The summed E-state index contributed by atoms with van der Waals surface area (Å²) in [7, 11) is 1.76. The first-order valence-electron chi connectivity index (χ1n) is 9.60. The predicted octanol–water partition coefficient (Wildman–Crippen LogP) is 4.19. The number of aryl methyl sites for hydroxylation is 1. The van der Waals surface area contributed by atoms with Crippen molar-refractivity contribution in [1.82, 2.24) is 15.1 Å². The third-order valence-electron chi connectivity index (χ3n) is 4.59. The van der Waals surface area contributed by atoms with E-state index in [2.05, 4.69) is 15.1 Å². The number of rotatable bonds is 9. The molecule has 2 heterocycles. The summed E-state index contributed by atoms with van der Waals surface area (Å²) in [6.07, 6.45) is -0.361. The smallest absolute Gasteiger partial charge is 0.437 e. The zero-order valence-electron chi connectivity index (χ0n) is 16.9. The second kappa shape index (κ2) is 9.19. The number of carbonyl (C=O) groups is 1. The van der Waals surface area contributed by atoms with Gasteiger partial charge >= 0.3 is 12.1 Å². The quantitative estimate of drug-likeness (QED) is 0.496. The Hall–Kier alpha value is -3.37. The van der Waals surface area contributed by atoms with Crippen LogP contribution in [0.3, 0.4) is 0 Å². The van der Waals surface area contributed by atoms with Crippen LogP contribution in [0.2, 0.25) is 0 Å². The van der Waals surface area contributed by atoms with Gasteiger partial charge in [-0.25, -0.2) is 14.8 Å². The summed E-state index contributed by atoms with van der Waals surface area (Å²) in [5.74, 6) is -0.264. The summed E-state index contributed by atoms with van der Waals surface area (Å²) >= 11 is 0. The van der Waals surface area contributed by atoms with Crippen LogP contribution >= 0.6 is 0 Å². The molecule has 0 unspecified atom stereocenters. The van der Waals surface area contributed by atoms with Crippen LogP contribution in [-0.4, -0.2) is 46.4 Å². The topological polar surface area (TPSA) is 102 Å². The maximum absolute atomic E-state index is 13.1. The number of hydrogen-bond acceptors (Lipinski definition) is 7. The third-order valence-corrected chi connectivity index (χ3v) is 4.59. The molecule has 1 aromatic carbocycles. The lowest BCUT2D eigenvalue weighted by Gasteiger charge is -2.17. The van der Waals surface area contributed by atoms with Crippen molar-refractivity contribution in [2.24, 2.45) is 0 Å². The second-order valence-corrected chi connectivity index (χ2v) is 6.90. The molecule has 0 fully saturated rings. The molecule has 0 atom stereocenters. The minimum absolute atomic E-state index is 0.000394. The highest BCUT2D eigenvalue weighted by molar-refractivity contribution is 5.87. The lowest BCUT2D eigenvalue weighted by molar-refractivity contribution is -0.141. The Morgan fingerprint density at radius 3 is 2.58 bits per heavy atom. The van der Waals surface area contributed by atoms with Gasteiger partial charge in [0.25, 0.3) is 0 Å². The molecule has 2 aromatic heterocycles. The molecular formula is C20H21F3N4O4. The monoisotopic (exact) mass is 438 g/mol. The summed E-state index contributed by atoms with van der Waals surface area (Å²) < 4.78 is 50.1. The molecule has 11 heteroatoms. The van der Waals surface area contributed by atoms with Gasteiger partial charge in [-0.1, -0.05) is 18.5 Å². The van der Waals surface area contributed by atoms with E-state index >= 15 is 0 Å². The third kappa shape index (κ3) is 5.04. The first-order chi connectivity index (χ1) is 14.7. The zero-order valence-corrected chi connectivity index (χ0v) is 16.9. The molecule has 0 aliphatic carbocycles. The molecule has 31 heavy (non-hydrogen) atoms. The summed E-state index contributed by atoms with van der Waals surface area (Å²) in [4.78, 5) is 20.6. The highest BCUT2D eigenvalue weighted by atomic mass is 19.4. The van der Waals surface area contributed by atoms with Crippen molar-refractivity contribution in [1.29, 1.82) is 0 Å². The number of carboxylic acid groups (broad SMARTS) is 1. The molecule has 0 bridgehead atoms. The molecule has 0 radical (unpaired) electrons. The van der Waals surface area contributed by atoms with E-state index in [1.54, 1.807) is 11.9 Å². The van der Waals surface area contributed by atoms with Crippen LogP contribution in [0.1, 0.15) is 41.4 Å². The number of benzene rings is 1. The lowest BCUT2D eigenvalue weighted by Crippen LogP contribution is -2.22. The van der Waals surface area contributed by atoms with Gasteiger partial charge in [0.15, 0.2) is 11.3 Å². The number of carboxylic acids is 1. The molecule has 0 aliphatic heterocycles. The van der Waals surface area contributed by atoms with E-state index in [0.29, 0.717) is 49.7 Å². The molecule has 0 aliphatic rings. The minimum Gasteiger partial charge on any atom is -0.493 e. The van der Waals surface area contributed by atoms with Crippen molar-refractivity contribution in [3.63, 3.8) is 0 Å². The normalized spacial score (nSPS) is 11.6. The first-order valence-corrected chi connectivity index (χ1v) is 9.60. The summed E-state index contributed by atoms with van der Waals surface area (Å²) in [6.45, 7) is 2.74. The summed E-state index contributed by atoms with van der Waals surface area (Å²) in [6, 6.07) is 2.82. The molecule has 166 valence electrons. The van der Waals surface area contributed by atoms with E-state index in [-0.39, 0.29) is 16.5 Å². The van der Waals surface area contributed by atoms with Crippen molar-refractivity contribution in [2.45, 2.75) is 32.4 Å². The first kappa shape index (κ1) is 22.3. The maximum Gasteiger partial charge on any atom is 0.437 e. The van der Waals surface area contributed by atoms with Crippen molar-refractivity contribution in [3.8, 4) is 5.75 Å². The highest BCUT2D eigenvalue weighted by Gasteiger charge is 2.37. The Balaban J connectivity index is 1.65. The van der Waals surface area contributed by atoms with Gasteiger partial charge in [-0.15, -0.1) is 0 Å². The minimum atomic E-state index is -4.59. The van der Waals surface area contributed by atoms with Crippen molar-refractivity contribution < 1.29 is 32.3 Å². The van der Waals surface area contributed by atoms with E-state index in [4.69, 9.17) is 14.4 Å². The van der Waals surface area contributed by atoms with Gasteiger partial charge < -0.3 is 19.3 Å². The predicted molar refractivity (Wildman–Crippen MR) is 105 cm³/mol. The van der Waals surface area contributed by atoms with Gasteiger partial charge in [0.2, 0.25) is 5.95 Å². The van der Waals surface area contributed by atoms with Crippen molar-refractivity contribution >= 4 is 22.9 Å². The molecule has 0 amide bonds. The fourth-order valence-corrected chi connectivity index (χ4v) is 3.08. The van der Waals surface area contributed by atoms with Crippen LogP contribution in [0.15, 0.2) is 29.0 Å². The Bertz CT molecular complexity index is 1050. The number of ether oxygens (including phenoxy) is 1. The molecule has 3 rings (SSSR count). The fourth-order valence-electron chi connectivity index (χ4n) is 3.08. The molecule has 1 N–H and O–H groups in total. The molecule has 0 spiro atoms. The van der Waals surface area contributed by atoms with Gasteiger partial charge in [-0.2, -0.15) is 13.2 Å². The lowest BCUT2D eigenvalue weighted by atomic mass is 10.0. The van der Waals surface area contributed by atoms with E-state index in [1.165, 1.54) is 24.5 Å². The Morgan fingerprint density at radius 1 is 1.26 bits per heavy atom. The van der Waals surface area contributed by atoms with E-state index in [0.717, 1.165) is 0 Å². The highest BCUT2D eigenvalue weighted by Crippen LogP contribution is 2.38. The average Bonchev–Trinajstić information content (AvgIpc) is 3.17. The van der Waals surface area contributed by atoms with Crippen LogP contribution < -0.4 is 9.64 Å². The van der Waals surface area contributed by atoms with Crippen LogP contribution in [0.25, 0.3) is 11.0 Å². The van der Waals surface area contributed by atoms with E-state index in [1.807, 2.05) is 6.92 Å². The Morgan fingerprint density at radius 2 is 1.97 bits per heavy atom. The van der Waals surface area contributed by atoms with Gasteiger partial charge in [0, 0.05) is 31.5 Å². The van der Waals surface area contributed by atoms with Gasteiger partial charge in [0.1, 0.15) is 5.75 Å². The fraction of sp³-hybridized carbons (Fsp3) is 0.400. The number of alkyl halides is 3. The summed E-state index contributed by atoms with van der Waals surface area (Å²) in [5, 5.41) is 12.0. The number of fused-ring (bicyclic) bond motifs is 1. The van der Waals surface area contributed by atoms with Crippen LogP contribution in [0.5, 0.6) is 5.75 Å². The standard InChI is InChI=1S/C20H21F3N4O4/c1-3-5-13-15(7-6-14-16(13)31-26-17(14)20(21,22)23)30-9-4-8-27(2)19-24-10-12(11-25-19)18(28)29/h6-7,10-11H,3-5,8-9H2,1-2H3,(H,28,29). The van der Waals surface area contributed by atoms with Crippen LogP contribution in [0.4, 0.5) is 19.1 Å². The van der Waals surface area contributed by atoms with E-state index in [9.17, 15) is 18.0 Å². The van der Waals surface area contributed by atoms with Crippen molar-refractivity contribution in [3.05, 3.63) is 41.3 Å². The SMILES string of the molecule is CCCc1c(OCCCN(C)c2ncc(C(=O)O)cn2)ccc2c(C(F)(F)F)noc12. The Labute approximate surface area is 175 Å². The number of aromatic nitrogens is 3. The molecule has 0 saturated carbocycles. The van der Waals surface area contributed by atoms with Crippen LogP contribution in [0, 0.1) is 0 Å². The Kier molecular flexibility index (Phi) is 6.62. The second-order valence-electron chi connectivity index (χ2n) is 6.90. The average molecular weight is 438 g/mol. The largest absolute Gasteiger partial charge is 0.493 e. The molecule has 0 saturated heterocycles. The number of halogens is 3. The van der Waals surface area contributed by atoms with Crippen LogP contribution in [-0.2, 0) is 12.6 Å².